The minimum Gasteiger partial charge on any atom is -0.339 e. The summed E-state index contributed by atoms with van der Waals surface area (Å²) in [6.07, 6.45) is 10.7. The van der Waals surface area contributed by atoms with Gasteiger partial charge in [0, 0.05) is 25.3 Å². The Morgan fingerprint density at radius 2 is 2.04 bits per heavy atom. The van der Waals surface area contributed by atoms with E-state index in [9.17, 15) is 4.79 Å². The largest absolute Gasteiger partial charge is 0.339 e. The molecule has 6 heteroatoms. The number of nitrogens with zero attached hydrogens (tertiary/aromatic N) is 4. The lowest BCUT2D eigenvalue weighted by atomic mass is 9.97. The van der Waals surface area contributed by atoms with Gasteiger partial charge in [-0.2, -0.15) is 5.10 Å². The van der Waals surface area contributed by atoms with Crippen LogP contribution in [0.1, 0.15) is 45.4 Å². The zero-order valence-corrected chi connectivity index (χ0v) is 15.4. The van der Waals surface area contributed by atoms with E-state index in [2.05, 4.69) is 14.9 Å². The van der Waals surface area contributed by atoms with Gasteiger partial charge < -0.3 is 9.80 Å². The quantitative estimate of drug-likeness (QED) is 0.790. The summed E-state index contributed by atoms with van der Waals surface area (Å²) in [5.41, 5.74) is 0. The minimum absolute atomic E-state index is 0.0617. The molecule has 1 amide bonds. The van der Waals surface area contributed by atoms with Crippen molar-refractivity contribution in [2.45, 2.75) is 58.0 Å². The van der Waals surface area contributed by atoms with Gasteiger partial charge in [0.2, 0.25) is 5.91 Å². The van der Waals surface area contributed by atoms with Gasteiger partial charge in [0.05, 0.1) is 23.7 Å². The molecular formula is C18H29ClN4O. The highest BCUT2D eigenvalue weighted by atomic mass is 35.5. The van der Waals surface area contributed by atoms with Crippen LogP contribution < -0.4 is 0 Å². The van der Waals surface area contributed by atoms with Gasteiger partial charge in [-0.05, 0) is 51.6 Å². The highest BCUT2D eigenvalue weighted by Gasteiger charge is 2.30. The smallest absolute Gasteiger partial charge is 0.227 e. The molecule has 0 aliphatic carbocycles. The van der Waals surface area contributed by atoms with Crippen LogP contribution in [0.2, 0.25) is 5.02 Å². The van der Waals surface area contributed by atoms with E-state index in [0.717, 1.165) is 32.4 Å². The van der Waals surface area contributed by atoms with Crippen LogP contribution in [0.25, 0.3) is 0 Å². The van der Waals surface area contributed by atoms with Crippen molar-refractivity contribution < 1.29 is 4.79 Å². The SMILES string of the molecule is C[C@H](Cn1cc(Cl)cn1)C(=O)N1CCCC[C@H]1CCN1CCCC1. The highest BCUT2D eigenvalue weighted by Crippen LogP contribution is 2.23. The van der Waals surface area contributed by atoms with Gasteiger partial charge in [-0.15, -0.1) is 0 Å². The van der Waals surface area contributed by atoms with Crippen LogP contribution in [0.15, 0.2) is 12.4 Å². The summed E-state index contributed by atoms with van der Waals surface area (Å²) in [5, 5.41) is 4.82. The molecule has 0 spiro atoms. The number of piperidine rings is 1. The van der Waals surface area contributed by atoms with Crippen molar-refractivity contribution in [2.24, 2.45) is 5.92 Å². The summed E-state index contributed by atoms with van der Waals surface area (Å²) < 4.78 is 1.77. The maximum atomic E-state index is 13.0. The minimum atomic E-state index is -0.0617. The molecule has 2 fully saturated rings. The molecule has 134 valence electrons. The third-order valence-electron chi connectivity index (χ3n) is 5.37. The van der Waals surface area contributed by atoms with E-state index >= 15 is 0 Å². The average molecular weight is 353 g/mol. The number of halogens is 1. The summed E-state index contributed by atoms with van der Waals surface area (Å²) in [5.74, 6) is 0.209. The van der Waals surface area contributed by atoms with E-state index in [0.29, 0.717) is 17.6 Å². The first kappa shape index (κ1) is 17.7. The third kappa shape index (κ3) is 4.51. The number of hydrogen-bond acceptors (Lipinski definition) is 3. The Morgan fingerprint density at radius 3 is 2.75 bits per heavy atom. The molecule has 0 N–H and O–H groups in total. The third-order valence-corrected chi connectivity index (χ3v) is 5.57. The van der Waals surface area contributed by atoms with E-state index in [1.54, 1.807) is 17.1 Å². The molecule has 2 aliphatic rings. The van der Waals surface area contributed by atoms with Crippen LogP contribution in [0.3, 0.4) is 0 Å². The number of carbonyl (C=O) groups is 1. The lowest BCUT2D eigenvalue weighted by Crippen LogP contribution is -2.47. The van der Waals surface area contributed by atoms with E-state index in [1.807, 2.05) is 6.92 Å². The first-order valence-electron chi connectivity index (χ1n) is 9.34. The van der Waals surface area contributed by atoms with Crippen molar-refractivity contribution in [1.82, 2.24) is 19.6 Å². The molecule has 1 aromatic rings. The molecule has 0 saturated carbocycles. The number of hydrogen-bond donors (Lipinski definition) is 0. The Kier molecular flexibility index (Phi) is 6.17. The molecule has 0 unspecified atom stereocenters. The number of aromatic nitrogens is 2. The van der Waals surface area contributed by atoms with Gasteiger partial charge in [-0.25, -0.2) is 0 Å². The first-order valence-corrected chi connectivity index (χ1v) is 9.72. The highest BCUT2D eigenvalue weighted by molar-refractivity contribution is 6.30. The van der Waals surface area contributed by atoms with Gasteiger partial charge in [0.15, 0.2) is 0 Å². The van der Waals surface area contributed by atoms with Gasteiger partial charge in [0.25, 0.3) is 0 Å². The molecule has 24 heavy (non-hydrogen) atoms. The van der Waals surface area contributed by atoms with Gasteiger partial charge in [-0.1, -0.05) is 18.5 Å². The Bertz CT molecular complexity index is 541. The van der Waals surface area contributed by atoms with Gasteiger partial charge in [0.1, 0.15) is 0 Å². The fourth-order valence-corrected chi connectivity index (χ4v) is 4.16. The van der Waals surface area contributed by atoms with Crippen LogP contribution in [0, 0.1) is 5.92 Å². The van der Waals surface area contributed by atoms with Crippen molar-refractivity contribution in [2.75, 3.05) is 26.2 Å². The second-order valence-electron chi connectivity index (χ2n) is 7.30. The Morgan fingerprint density at radius 1 is 1.29 bits per heavy atom. The Balaban J connectivity index is 1.55. The number of likely N-dealkylation sites (tertiary alicyclic amines) is 2. The zero-order chi connectivity index (χ0) is 16.9. The maximum Gasteiger partial charge on any atom is 0.227 e. The fourth-order valence-electron chi connectivity index (χ4n) is 4.01. The molecule has 0 bridgehead atoms. The standard InChI is InChI=1S/C18H29ClN4O/c1-15(13-22-14-16(19)12-20-22)18(24)23-10-3-2-6-17(23)7-11-21-8-4-5-9-21/h12,14-15,17H,2-11,13H2,1H3/t15-,17+/m1/s1. The van der Waals surface area contributed by atoms with E-state index in [1.165, 1.54) is 32.4 Å². The van der Waals surface area contributed by atoms with Crippen LogP contribution in [-0.2, 0) is 11.3 Å². The Hall–Kier alpha value is -1.07. The maximum absolute atomic E-state index is 13.0. The van der Waals surface area contributed by atoms with Crippen LogP contribution in [0.5, 0.6) is 0 Å². The number of carbonyl (C=O) groups excluding carboxylic acids is 1. The summed E-state index contributed by atoms with van der Waals surface area (Å²) in [4.78, 5) is 17.7. The van der Waals surface area contributed by atoms with Crippen LogP contribution >= 0.6 is 11.6 Å². The molecule has 2 saturated heterocycles. The zero-order valence-electron chi connectivity index (χ0n) is 14.7. The molecule has 2 aliphatic heterocycles. The van der Waals surface area contributed by atoms with Crippen molar-refractivity contribution in [3.8, 4) is 0 Å². The first-order chi connectivity index (χ1) is 11.6. The second-order valence-corrected chi connectivity index (χ2v) is 7.74. The molecule has 0 aromatic carbocycles. The molecule has 1 aromatic heterocycles. The van der Waals surface area contributed by atoms with Gasteiger partial charge >= 0.3 is 0 Å². The summed E-state index contributed by atoms with van der Waals surface area (Å²) >= 11 is 5.92. The molecule has 3 heterocycles. The molecule has 2 atom stereocenters. The van der Waals surface area contributed by atoms with Crippen LogP contribution in [0.4, 0.5) is 0 Å². The lowest BCUT2D eigenvalue weighted by Gasteiger charge is -2.38. The number of rotatable bonds is 6. The van der Waals surface area contributed by atoms with Crippen molar-refractivity contribution >= 4 is 17.5 Å². The van der Waals surface area contributed by atoms with Crippen molar-refractivity contribution in [1.29, 1.82) is 0 Å². The molecule has 5 nitrogen and oxygen atoms in total. The second kappa shape index (κ2) is 8.34. The molecule has 3 rings (SSSR count). The predicted molar refractivity (Wildman–Crippen MR) is 96.0 cm³/mol. The summed E-state index contributed by atoms with van der Waals surface area (Å²) in [7, 11) is 0. The van der Waals surface area contributed by atoms with Gasteiger partial charge in [-0.3, -0.25) is 9.48 Å². The van der Waals surface area contributed by atoms with Crippen LogP contribution in [-0.4, -0.2) is 57.7 Å². The summed E-state index contributed by atoms with van der Waals surface area (Å²) in [6.45, 7) is 7.12. The monoisotopic (exact) mass is 352 g/mol. The normalized spacial score (nSPS) is 23.6. The van der Waals surface area contributed by atoms with E-state index in [-0.39, 0.29) is 11.8 Å². The van der Waals surface area contributed by atoms with E-state index < -0.39 is 0 Å². The predicted octanol–water partition coefficient (Wildman–Crippen LogP) is 3.04. The fraction of sp³-hybridized carbons (Fsp3) is 0.778. The molecule has 0 radical (unpaired) electrons. The topological polar surface area (TPSA) is 41.4 Å². The lowest BCUT2D eigenvalue weighted by molar-refractivity contribution is -0.139. The van der Waals surface area contributed by atoms with E-state index in [4.69, 9.17) is 11.6 Å². The molecular weight excluding hydrogens is 324 g/mol. The summed E-state index contributed by atoms with van der Waals surface area (Å²) in [6, 6.07) is 0.413. The average Bonchev–Trinajstić information content (AvgIpc) is 3.24. The van der Waals surface area contributed by atoms with Crippen molar-refractivity contribution in [3.63, 3.8) is 0 Å². The number of amides is 1. The Labute approximate surface area is 149 Å². The van der Waals surface area contributed by atoms with Crippen molar-refractivity contribution in [3.05, 3.63) is 17.4 Å².